The van der Waals surface area contributed by atoms with Gasteiger partial charge in [-0.15, -0.1) is 10.2 Å². The van der Waals surface area contributed by atoms with Crippen molar-refractivity contribution in [2.45, 2.75) is 29.5 Å². The number of benzene rings is 2. The van der Waals surface area contributed by atoms with Gasteiger partial charge in [0.2, 0.25) is 11.0 Å². The lowest BCUT2D eigenvalue weighted by atomic mass is 9.76. The smallest absolute Gasteiger partial charge is 0.289 e. The number of halogens is 2. The number of carbonyl (C=O) groups is 2. The Morgan fingerprint density at radius 2 is 2.00 bits per heavy atom. The molecule has 2 aromatic carbocycles. The summed E-state index contributed by atoms with van der Waals surface area (Å²) in [5, 5.41) is 33.1. The van der Waals surface area contributed by atoms with Crippen molar-refractivity contribution in [3.8, 4) is 6.07 Å². The van der Waals surface area contributed by atoms with Gasteiger partial charge in [0.05, 0.1) is 28.2 Å². The zero-order chi connectivity index (χ0) is 29.3. The van der Waals surface area contributed by atoms with Gasteiger partial charge in [0, 0.05) is 34.5 Å². The van der Waals surface area contributed by atoms with Gasteiger partial charge in [-0.2, -0.15) is 5.26 Å². The standard InChI is InChI=1S/C26H19Cl2N7O4S2/c27-14-6-4-13(5-7-14)22-16(11-29)24(30)34(18-2-1-3-20(36)23(18)22)25-32-33-26(41-25)40-12-21(37)31-15-8-9-17(28)19(10-15)35(38)39/h4-10,22H,1-3,12,30H2,(H,31,37). The highest BCUT2D eigenvalue weighted by Crippen LogP contribution is 2.47. The number of rotatable bonds is 7. The molecule has 1 aliphatic heterocycles. The van der Waals surface area contributed by atoms with Gasteiger partial charge in [0.15, 0.2) is 10.1 Å². The predicted octanol–water partition coefficient (Wildman–Crippen LogP) is 5.79. The molecule has 1 atom stereocenters. The maximum atomic E-state index is 13.2. The highest BCUT2D eigenvalue weighted by molar-refractivity contribution is 8.01. The van der Waals surface area contributed by atoms with Crippen molar-refractivity contribution in [1.82, 2.24) is 10.2 Å². The van der Waals surface area contributed by atoms with Crippen LogP contribution in [0.4, 0.5) is 16.5 Å². The van der Waals surface area contributed by atoms with E-state index in [0.29, 0.717) is 45.0 Å². The quantitative estimate of drug-likeness (QED) is 0.186. The summed E-state index contributed by atoms with van der Waals surface area (Å²) in [5.74, 6) is -0.984. The van der Waals surface area contributed by atoms with Crippen LogP contribution in [0.25, 0.3) is 0 Å². The molecule has 0 radical (unpaired) electrons. The van der Waals surface area contributed by atoms with Crippen molar-refractivity contribution < 1.29 is 14.5 Å². The molecule has 2 heterocycles. The zero-order valence-corrected chi connectivity index (χ0v) is 24.1. The SMILES string of the molecule is N#CC1=C(N)N(c2nnc(SCC(=O)Nc3ccc(Cl)c([N+](=O)[O-])c3)s2)C2=C(C(=O)CCC2)C1c1ccc(Cl)cc1. The number of nitro groups is 1. The molecule has 0 fully saturated rings. The van der Waals surface area contributed by atoms with Crippen molar-refractivity contribution in [3.05, 3.63) is 90.9 Å². The molecule has 0 saturated carbocycles. The van der Waals surface area contributed by atoms with Crippen LogP contribution in [0.5, 0.6) is 0 Å². The molecular formula is C26H19Cl2N7O4S2. The van der Waals surface area contributed by atoms with Gasteiger partial charge in [-0.1, -0.05) is 58.4 Å². The van der Waals surface area contributed by atoms with Gasteiger partial charge in [-0.25, -0.2) is 0 Å². The van der Waals surface area contributed by atoms with Crippen LogP contribution in [-0.2, 0) is 9.59 Å². The highest BCUT2D eigenvalue weighted by Gasteiger charge is 2.41. The van der Waals surface area contributed by atoms with E-state index >= 15 is 0 Å². The van der Waals surface area contributed by atoms with Crippen molar-refractivity contribution in [1.29, 1.82) is 5.26 Å². The molecule has 2 aliphatic rings. The fourth-order valence-electron chi connectivity index (χ4n) is 4.70. The van der Waals surface area contributed by atoms with Gasteiger partial charge in [0.1, 0.15) is 10.8 Å². The van der Waals surface area contributed by atoms with Crippen LogP contribution in [0.2, 0.25) is 10.0 Å². The first-order valence-electron chi connectivity index (χ1n) is 12.1. The van der Waals surface area contributed by atoms with E-state index in [1.165, 1.54) is 18.2 Å². The lowest BCUT2D eigenvalue weighted by Crippen LogP contribution is -2.38. The summed E-state index contributed by atoms with van der Waals surface area (Å²) in [7, 11) is 0. The molecule has 1 aromatic heterocycles. The highest BCUT2D eigenvalue weighted by atomic mass is 35.5. The number of anilines is 2. The normalized spacial score (nSPS) is 16.9. The molecule has 0 spiro atoms. The minimum Gasteiger partial charge on any atom is -0.384 e. The average Bonchev–Trinajstić information content (AvgIpc) is 3.41. The molecule has 1 unspecified atom stereocenters. The Morgan fingerprint density at radius 1 is 1.24 bits per heavy atom. The Labute approximate surface area is 251 Å². The number of nitrogens with zero attached hydrogens (tertiary/aromatic N) is 5. The predicted molar refractivity (Wildman–Crippen MR) is 157 cm³/mol. The van der Waals surface area contributed by atoms with E-state index < -0.39 is 16.7 Å². The number of allylic oxidation sites excluding steroid dienone is 3. The summed E-state index contributed by atoms with van der Waals surface area (Å²) in [6.45, 7) is 0. The molecule has 0 bridgehead atoms. The van der Waals surface area contributed by atoms with E-state index in [1.807, 2.05) is 0 Å². The number of nitriles is 1. The third kappa shape index (κ3) is 5.77. The lowest BCUT2D eigenvalue weighted by molar-refractivity contribution is -0.384. The van der Waals surface area contributed by atoms with E-state index in [1.54, 1.807) is 29.2 Å². The van der Waals surface area contributed by atoms with E-state index in [-0.39, 0.29) is 39.3 Å². The van der Waals surface area contributed by atoms with Crippen molar-refractivity contribution >= 4 is 74.5 Å². The summed E-state index contributed by atoms with van der Waals surface area (Å²) in [6, 6.07) is 13.2. The molecular weight excluding hydrogens is 609 g/mol. The topological polar surface area (TPSA) is 168 Å². The number of carbonyl (C=O) groups excluding carboxylic acids is 2. The first-order valence-corrected chi connectivity index (χ1v) is 14.7. The first-order chi connectivity index (χ1) is 19.7. The van der Waals surface area contributed by atoms with Crippen LogP contribution in [-0.4, -0.2) is 32.6 Å². The first kappa shape index (κ1) is 28.6. The minimum absolute atomic E-state index is 0.0354. The molecule has 0 saturated heterocycles. The molecule has 15 heteroatoms. The van der Waals surface area contributed by atoms with E-state index in [9.17, 15) is 25.0 Å². The van der Waals surface area contributed by atoms with E-state index in [0.717, 1.165) is 28.7 Å². The van der Waals surface area contributed by atoms with E-state index in [2.05, 4.69) is 21.6 Å². The fraction of sp³-hybridized carbons (Fsp3) is 0.192. The van der Waals surface area contributed by atoms with Gasteiger partial charge >= 0.3 is 0 Å². The Balaban J connectivity index is 1.38. The molecule has 11 nitrogen and oxygen atoms in total. The number of nitro benzene ring substituents is 1. The number of thioether (sulfide) groups is 1. The molecule has 1 amide bonds. The summed E-state index contributed by atoms with van der Waals surface area (Å²) in [5.41, 5.74) is 8.62. The van der Waals surface area contributed by atoms with Crippen molar-refractivity contribution in [2.24, 2.45) is 5.73 Å². The molecule has 5 rings (SSSR count). The van der Waals surface area contributed by atoms with Crippen LogP contribution >= 0.6 is 46.3 Å². The van der Waals surface area contributed by atoms with Crippen molar-refractivity contribution in [2.75, 3.05) is 16.0 Å². The van der Waals surface area contributed by atoms with Gasteiger partial charge in [-0.3, -0.25) is 24.6 Å². The molecule has 208 valence electrons. The second kappa shape index (κ2) is 11.9. The van der Waals surface area contributed by atoms with E-state index in [4.69, 9.17) is 28.9 Å². The number of amides is 1. The van der Waals surface area contributed by atoms with Crippen LogP contribution < -0.4 is 16.0 Å². The van der Waals surface area contributed by atoms with Crippen LogP contribution in [0.1, 0.15) is 30.7 Å². The monoisotopic (exact) mass is 627 g/mol. The minimum atomic E-state index is -0.633. The second-order valence-corrected chi connectivity index (χ2v) is 12.0. The Kier molecular flexibility index (Phi) is 8.27. The van der Waals surface area contributed by atoms with Gasteiger partial charge in [-0.05, 0) is 42.7 Å². The number of nitrogens with two attached hydrogens (primary N) is 1. The summed E-state index contributed by atoms with van der Waals surface area (Å²) >= 11 is 14.2. The molecule has 1 aliphatic carbocycles. The fourth-order valence-corrected chi connectivity index (χ4v) is 6.69. The van der Waals surface area contributed by atoms with Gasteiger partial charge < -0.3 is 11.1 Å². The Morgan fingerprint density at radius 3 is 2.71 bits per heavy atom. The number of ketones is 1. The average molecular weight is 629 g/mol. The number of nitrogens with one attached hydrogen (secondary N) is 1. The largest absolute Gasteiger partial charge is 0.384 e. The summed E-state index contributed by atoms with van der Waals surface area (Å²) in [6.07, 6.45) is 1.54. The maximum Gasteiger partial charge on any atom is 0.289 e. The maximum absolute atomic E-state index is 13.2. The summed E-state index contributed by atoms with van der Waals surface area (Å²) < 4.78 is 0.452. The number of aromatic nitrogens is 2. The van der Waals surface area contributed by atoms with Crippen LogP contribution in [0.15, 0.2) is 69.5 Å². The van der Waals surface area contributed by atoms with Crippen molar-refractivity contribution in [3.63, 3.8) is 0 Å². The van der Waals surface area contributed by atoms with Crippen LogP contribution in [0, 0.1) is 21.4 Å². The zero-order valence-electron chi connectivity index (χ0n) is 21.0. The molecule has 41 heavy (non-hydrogen) atoms. The van der Waals surface area contributed by atoms with Gasteiger partial charge in [0.25, 0.3) is 5.69 Å². The Bertz CT molecular complexity index is 1680. The second-order valence-electron chi connectivity index (χ2n) is 8.98. The number of hydrogen-bond donors (Lipinski definition) is 2. The lowest BCUT2D eigenvalue weighted by Gasteiger charge is -2.38. The third-order valence-electron chi connectivity index (χ3n) is 6.46. The third-order valence-corrected chi connectivity index (χ3v) is 9.07. The molecule has 3 N–H and O–H groups in total. The summed E-state index contributed by atoms with van der Waals surface area (Å²) in [4.78, 5) is 37.8. The molecule has 3 aromatic rings. The number of hydrogen-bond acceptors (Lipinski definition) is 11. The Hall–Kier alpha value is -3.96. The van der Waals surface area contributed by atoms with Crippen LogP contribution in [0.3, 0.4) is 0 Å². The number of Topliss-reactive ketones (excluding diaryl/α,β-unsaturated/α-hetero) is 1.